The fourth-order valence-electron chi connectivity index (χ4n) is 0.419. The molecule has 0 aliphatic heterocycles. The van der Waals surface area contributed by atoms with Gasteiger partial charge in [0.05, 0.1) is 0 Å². The Bertz CT molecular complexity index is 47.5. The number of hydrogen-bond acceptors (Lipinski definition) is 0. The third-order valence-electron chi connectivity index (χ3n) is 1.11. The Morgan fingerprint density at radius 2 is 2.00 bits per heavy atom. The Morgan fingerprint density at radius 3 is 2.00 bits per heavy atom. The summed E-state index contributed by atoms with van der Waals surface area (Å²) in [5.74, 6) is 0. The second-order valence-corrected chi connectivity index (χ2v) is 2.79. The summed E-state index contributed by atoms with van der Waals surface area (Å²) in [6, 6.07) is 0. The predicted molar refractivity (Wildman–Crippen MR) is 26.8 cm³/mol. The zero-order valence-corrected chi connectivity index (χ0v) is 4.91. The molecule has 0 N–H and O–H groups in total. The molecule has 0 saturated heterocycles. The highest BCUT2D eigenvalue weighted by Gasteiger charge is 2.27. The molecule has 1 aliphatic rings. The molecule has 0 spiro atoms. The van der Waals surface area contributed by atoms with Crippen molar-refractivity contribution in [1.82, 2.24) is 0 Å². The number of hydrogen-bond donors (Lipinski definition) is 0. The average Bonchev–Trinajstić information content (AvgIpc) is 1.61. The van der Waals surface area contributed by atoms with Crippen molar-refractivity contribution in [2.75, 3.05) is 0 Å². The number of rotatable bonds is 0. The van der Waals surface area contributed by atoms with Gasteiger partial charge in [-0.3, -0.25) is 0 Å². The summed E-state index contributed by atoms with van der Waals surface area (Å²) >= 11 is 3.15. The summed E-state index contributed by atoms with van der Waals surface area (Å²) < 4.78 is 11.9. The lowest BCUT2D eigenvalue weighted by molar-refractivity contribution is 0.226. The lowest BCUT2D eigenvalue weighted by Crippen LogP contribution is -2.26. The molecule has 1 fully saturated rings. The highest BCUT2D eigenvalue weighted by atomic mass is 79.9. The quantitative estimate of drug-likeness (QED) is 0.466. The first-order valence-electron chi connectivity index (χ1n) is 2.09. The van der Waals surface area contributed by atoms with Crippen molar-refractivity contribution in [1.29, 1.82) is 0 Å². The molecular formula is C4H6BrF. The number of alkyl halides is 2. The van der Waals surface area contributed by atoms with Crippen molar-refractivity contribution in [2.45, 2.75) is 23.8 Å². The van der Waals surface area contributed by atoms with Gasteiger partial charge in [0.1, 0.15) is 6.17 Å². The smallest absolute Gasteiger partial charge is 0.113 e. The maximum absolute atomic E-state index is 11.9. The SMILES string of the molecule is F[C@@H]1CC[C@H]1Br. The van der Waals surface area contributed by atoms with Crippen LogP contribution in [0.25, 0.3) is 0 Å². The largest absolute Gasteiger partial charge is 0.246 e. The van der Waals surface area contributed by atoms with E-state index in [4.69, 9.17) is 0 Å². The van der Waals surface area contributed by atoms with Gasteiger partial charge in [0.25, 0.3) is 0 Å². The molecule has 2 atom stereocenters. The lowest BCUT2D eigenvalue weighted by Gasteiger charge is -2.23. The second-order valence-electron chi connectivity index (χ2n) is 1.61. The summed E-state index contributed by atoms with van der Waals surface area (Å²) in [5.41, 5.74) is 0. The van der Waals surface area contributed by atoms with Crippen LogP contribution in [0, 0.1) is 0 Å². The predicted octanol–water partition coefficient (Wildman–Crippen LogP) is 1.88. The van der Waals surface area contributed by atoms with Crippen molar-refractivity contribution in [3.63, 3.8) is 0 Å². The molecule has 1 rings (SSSR count). The van der Waals surface area contributed by atoms with Crippen LogP contribution < -0.4 is 0 Å². The molecule has 0 bridgehead atoms. The minimum Gasteiger partial charge on any atom is -0.246 e. The molecule has 0 aromatic carbocycles. The first kappa shape index (κ1) is 4.57. The van der Waals surface area contributed by atoms with Crippen LogP contribution in [0.4, 0.5) is 4.39 Å². The van der Waals surface area contributed by atoms with E-state index in [0.717, 1.165) is 12.8 Å². The summed E-state index contributed by atoms with van der Waals surface area (Å²) in [6.45, 7) is 0. The van der Waals surface area contributed by atoms with Crippen LogP contribution in [0.1, 0.15) is 12.8 Å². The zero-order valence-electron chi connectivity index (χ0n) is 3.32. The van der Waals surface area contributed by atoms with E-state index in [9.17, 15) is 4.39 Å². The van der Waals surface area contributed by atoms with Gasteiger partial charge in [-0.15, -0.1) is 0 Å². The Morgan fingerprint density at radius 1 is 1.50 bits per heavy atom. The normalized spacial score (nSPS) is 45.0. The minimum absolute atomic E-state index is 0.178. The van der Waals surface area contributed by atoms with Crippen LogP contribution in [-0.2, 0) is 0 Å². The molecule has 0 nitrogen and oxygen atoms in total. The fraction of sp³-hybridized carbons (Fsp3) is 1.00. The average molecular weight is 153 g/mol. The van der Waals surface area contributed by atoms with E-state index >= 15 is 0 Å². The topological polar surface area (TPSA) is 0 Å². The summed E-state index contributed by atoms with van der Waals surface area (Å²) in [4.78, 5) is 0.178. The molecule has 0 aromatic heterocycles. The van der Waals surface area contributed by atoms with Crippen molar-refractivity contribution in [3.8, 4) is 0 Å². The van der Waals surface area contributed by atoms with Crippen LogP contribution >= 0.6 is 15.9 Å². The van der Waals surface area contributed by atoms with Gasteiger partial charge in [-0.2, -0.15) is 0 Å². The Hall–Kier alpha value is 0.410. The molecule has 1 saturated carbocycles. The van der Waals surface area contributed by atoms with E-state index in [1.807, 2.05) is 0 Å². The summed E-state index contributed by atoms with van der Waals surface area (Å²) in [7, 11) is 0. The minimum atomic E-state index is -0.551. The van der Waals surface area contributed by atoms with E-state index in [1.54, 1.807) is 0 Å². The highest BCUT2D eigenvalue weighted by molar-refractivity contribution is 9.09. The standard InChI is InChI=1S/C4H6BrF/c5-3-1-2-4(3)6/h3-4H,1-2H2/t3-,4-/m1/s1. The van der Waals surface area contributed by atoms with E-state index in [1.165, 1.54) is 0 Å². The Labute approximate surface area is 44.9 Å². The third kappa shape index (κ3) is 0.579. The lowest BCUT2D eigenvalue weighted by atomic mass is 9.98. The van der Waals surface area contributed by atoms with Gasteiger partial charge in [-0.1, -0.05) is 15.9 Å². The van der Waals surface area contributed by atoms with Crippen LogP contribution in [0.15, 0.2) is 0 Å². The molecule has 0 unspecified atom stereocenters. The van der Waals surface area contributed by atoms with Crippen LogP contribution in [-0.4, -0.2) is 11.0 Å². The van der Waals surface area contributed by atoms with Gasteiger partial charge in [0, 0.05) is 4.83 Å². The zero-order chi connectivity index (χ0) is 4.57. The van der Waals surface area contributed by atoms with Crippen molar-refractivity contribution < 1.29 is 4.39 Å². The maximum Gasteiger partial charge on any atom is 0.113 e. The molecule has 2 heteroatoms. The molecule has 0 amide bonds. The van der Waals surface area contributed by atoms with E-state index < -0.39 is 6.17 Å². The van der Waals surface area contributed by atoms with Gasteiger partial charge in [0.15, 0.2) is 0 Å². The number of halogens is 2. The second kappa shape index (κ2) is 1.49. The molecular weight excluding hydrogens is 147 g/mol. The van der Waals surface area contributed by atoms with Gasteiger partial charge >= 0.3 is 0 Å². The van der Waals surface area contributed by atoms with E-state index in [2.05, 4.69) is 15.9 Å². The summed E-state index contributed by atoms with van der Waals surface area (Å²) in [6.07, 6.45) is 1.22. The van der Waals surface area contributed by atoms with Crippen LogP contribution in [0.3, 0.4) is 0 Å². The monoisotopic (exact) mass is 152 g/mol. The van der Waals surface area contributed by atoms with Gasteiger partial charge in [-0.25, -0.2) is 4.39 Å². The maximum atomic E-state index is 11.9. The Balaban J connectivity index is 2.20. The fourth-order valence-corrected chi connectivity index (χ4v) is 0.947. The van der Waals surface area contributed by atoms with Crippen molar-refractivity contribution in [2.24, 2.45) is 0 Å². The van der Waals surface area contributed by atoms with Gasteiger partial charge in [-0.05, 0) is 12.8 Å². The first-order chi connectivity index (χ1) is 2.80. The highest BCUT2D eigenvalue weighted by Crippen LogP contribution is 2.29. The van der Waals surface area contributed by atoms with Crippen LogP contribution in [0.2, 0.25) is 0 Å². The van der Waals surface area contributed by atoms with Crippen molar-refractivity contribution in [3.05, 3.63) is 0 Å². The summed E-state index contributed by atoms with van der Waals surface area (Å²) in [5, 5.41) is 0. The van der Waals surface area contributed by atoms with Crippen LogP contribution in [0.5, 0.6) is 0 Å². The molecule has 0 heterocycles. The molecule has 0 aromatic rings. The molecule has 36 valence electrons. The molecule has 6 heavy (non-hydrogen) atoms. The third-order valence-corrected chi connectivity index (χ3v) is 2.14. The molecule has 1 aliphatic carbocycles. The van der Waals surface area contributed by atoms with Gasteiger partial charge < -0.3 is 0 Å². The molecule has 0 radical (unpaired) electrons. The van der Waals surface area contributed by atoms with Gasteiger partial charge in [0.2, 0.25) is 0 Å². The van der Waals surface area contributed by atoms with E-state index in [-0.39, 0.29) is 4.83 Å². The van der Waals surface area contributed by atoms with Crippen molar-refractivity contribution >= 4 is 15.9 Å². The first-order valence-corrected chi connectivity index (χ1v) is 3.00. The Kier molecular flexibility index (Phi) is 1.13. The van der Waals surface area contributed by atoms with E-state index in [0.29, 0.717) is 0 Å².